The van der Waals surface area contributed by atoms with E-state index in [0.29, 0.717) is 16.7 Å². The monoisotopic (exact) mass is 417 g/mol. The molecule has 0 fully saturated rings. The van der Waals surface area contributed by atoms with Gasteiger partial charge < -0.3 is 9.15 Å². The third kappa shape index (κ3) is 2.63. The third-order valence-electron chi connectivity index (χ3n) is 6.13. The molecule has 2 heterocycles. The molecule has 1 amide bonds. The molecule has 0 radical (unpaired) electrons. The quantitative estimate of drug-likeness (QED) is 0.418. The van der Waals surface area contributed by atoms with Crippen LogP contribution in [0.5, 0.6) is 5.75 Å². The summed E-state index contributed by atoms with van der Waals surface area (Å²) in [7, 11) is 1.65. The Kier molecular flexibility index (Phi) is 4.02. The van der Waals surface area contributed by atoms with Crippen LogP contribution >= 0.6 is 0 Å². The first-order valence-electron chi connectivity index (χ1n) is 10.5. The number of nitrogens with zero attached hydrogens (tertiary/aromatic N) is 1. The van der Waals surface area contributed by atoms with Crippen molar-refractivity contribution in [2.45, 2.75) is 6.92 Å². The van der Waals surface area contributed by atoms with E-state index in [4.69, 9.17) is 9.15 Å². The number of hydrogen-bond donors (Lipinski definition) is 0. The Morgan fingerprint density at radius 3 is 2.53 bits per heavy atom. The number of fused-ring (bicyclic) bond motifs is 4. The van der Waals surface area contributed by atoms with Gasteiger partial charge in [0, 0.05) is 21.7 Å². The van der Waals surface area contributed by atoms with E-state index >= 15 is 0 Å². The second-order valence-corrected chi connectivity index (χ2v) is 7.96. The number of benzene rings is 4. The van der Waals surface area contributed by atoms with Crippen LogP contribution in [-0.2, 0) is 4.79 Å². The first-order valence-corrected chi connectivity index (χ1v) is 10.5. The highest BCUT2D eigenvalue weighted by molar-refractivity contribution is 6.28. The lowest BCUT2D eigenvalue weighted by molar-refractivity contribution is -0.112. The minimum Gasteiger partial charge on any atom is -0.497 e. The average Bonchev–Trinajstić information content (AvgIpc) is 3.35. The summed E-state index contributed by atoms with van der Waals surface area (Å²) >= 11 is 0. The second kappa shape index (κ2) is 6.92. The maximum atomic E-state index is 13.2. The van der Waals surface area contributed by atoms with Crippen LogP contribution in [0.3, 0.4) is 0 Å². The van der Waals surface area contributed by atoms with E-state index < -0.39 is 0 Å². The Morgan fingerprint density at radius 1 is 0.906 bits per heavy atom. The van der Waals surface area contributed by atoms with E-state index in [9.17, 15) is 4.79 Å². The van der Waals surface area contributed by atoms with Gasteiger partial charge in [-0.05, 0) is 47.5 Å². The molecule has 1 aromatic heterocycles. The molecule has 1 aliphatic heterocycles. The Hall–Kier alpha value is -4.18. The van der Waals surface area contributed by atoms with Gasteiger partial charge >= 0.3 is 0 Å². The highest BCUT2D eigenvalue weighted by Gasteiger charge is 2.28. The van der Waals surface area contributed by atoms with E-state index in [2.05, 4.69) is 4.99 Å². The molecule has 154 valence electrons. The first kappa shape index (κ1) is 18.6. The molecule has 0 unspecified atom stereocenters. The zero-order valence-electron chi connectivity index (χ0n) is 17.7. The fourth-order valence-electron chi connectivity index (χ4n) is 4.58. The van der Waals surface area contributed by atoms with Crippen molar-refractivity contribution < 1.29 is 13.9 Å². The van der Waals surface area contributed by atoms with Crippen molar-refractivity contribution >= 4 is 33.2 Å². The third-order valence-corrected chi connectivity index (χ3v) is 6.13. The first-order chi connectivity index (χ1) is 15.7. The van der Waals surface area contributed by atoms with Crippen molar-refractivity contribution in [3.63, 3.8) is 0 Å². The molecule has 0 atom stereocenters. The number of amides is 1. The van der Waals surface area contributed by atoms with Gasteiger partial charge in [0.05, 0.1) is 18.0 Å². The largest absolute Gasteiger partial charge is 0.497 e. The SMILES string of the molecule is COc1ccc2ccc3oc(-c4ccccc4C)c(C4=c5ccccc5=NC4=O)c3c2c1. The number of rotatable bonds is 3. The van der Waals surface area contributed by atoms with Crippen molar-refractivity contribution in [3.8, 4) is 17.1 Å². The predicted octanol–water partition coefficient (Wildman–Crippen LogP) is 4.93. The normalized spacial score (nSPS) is 12.9. The molecule has 32 heavy (non-hydrogen) atoms. The molecule has 0 N–H and O–H groups in total. The molecule has 4 heteroatoms. The molecule has 0 spiro atoms. The van der Waals surface area contributed by atoms with Crippen LogP contribution < -0.4 is 15.3 Å². The van der Waals surface area contributed by atoms with Crippen molar-refractivity contribution in [1.82, 2.24) is 0 Å². The summed E-state index contributed by atoms with van der Waals surface area (Å²) in [6, 6.07) is 25.7. The van der Waals surface area contributed by atoms with Gasteiger partial charge in [0.2, 0.25) is 0 Å². The zero-order valence-corrected chi connectivity index (χ0v) is 17.7. The highest BCUT2D eigenvalue weighted by atomic mass is 16.5. The molecular formula is C28H19NO3. The van der Waals surface area contributed by atoms with Gasteiger partial charge in [-0.15, -0.1) is 0 Å². The fraction of sp³-hybridized carbons (Fsp3) is 0.0714. The summed E-state index contributed by atoms with van der Waals surface area (Å²) in [4.78, 5) is 17.6. The van der Waals surface area contributed by atoms with Gasteiger partial charge in [-0.3, -0.25) is 4.79 Å². The van der Waals surface area contributed by atoms with E-state index in [1.54, 1.807) is 7.11 Å². The predicted molar refractivity (Wildman–Crippen MR) is 125 cm³/mol. The average molecular weight is 417 g/mol. The minimum absolute atomic E-state index is 0.247. The summed E-state index contributed by atoms with van der Waals surface area (Å²) in [5.41, 5.74) is 4.12. The Balaban J connectivity index is 1.85. The standard InChI is InChI=1S/C28H19NO3/c1-16-7-3-4-8-19(16)27-26(25-20-9-5-6-10-22(20)29-28(25)30)24-21-15-18(31-2)13-11-17(21)12-14-23(24)32-27/h3-15H,1-2H3. The van der Waals surface area contributed by atoms with Gasteiger partial charge in [0.1, 0.15) is 17.1 Å². The van der Waals surface area contributed by atoms with Gasteiger partial charge in [-0.2, -0.15) is 0 Å². The Morgan fingerprint density at radius 2 is 1.69 bits per heavy atom. The topological polar surface area (TPSA) is 51.8 Å². The minimum atomic E-state index is -0.247. The molecule has 4 nitrogen and oxygen atoms in total. The highest BCUT2D eigenvalue weighted by Crippen LogP contribution is 2.42. The number of carbonyl (C=O) groups excluding carboxylic acids is 1. The zero-order chi connectivity index (χ0) is 21.8. The van der Waals surface area contributed by atoms with Crippen molar-refractivity contribution in [3.05, 3.63) is 101 Å². The smallest absolute Gasteiger partial charge is 0.279 e. The lowest BCUT2D eigenvalue weighted by atomic mass is 9.93. The number of aryl methyl sites for hydroxylation is 1. The number of hydrogen-bond acceptors (Lipinski definition) is 3. The number of methoxy groups -OCH3 is 1. The van der Waals surface area contributed by atoms with Crippen LogP contribution in [0.15, 0.2) is 88.3 Å². The summed E-state index contributed by atoms with van der Waals surface area (Å²) in [6.45, 7) is 2.05. The molecule has 6 rings (SSSR count). The van der Waals surface area contributed by atoms with Crippen LogP contribution in [0.25, 0.3) is 38.6 Å². The van der Waals surface area contributed by atoms with E-state index in [1.165, 1.54) is 0 Å². The van der Waals surface area contributed by atoms with Crippen molar-refractivity contribution in [1.29, 1.82) is 0 Å². The second-order valence-electron chi connectivity index (χ2n) is 7.96. The number of carbonyl (C=O) groups is 1. The van der Waals surface area contributed by atoms with Gasteiger partial charge in [-0.25, -0.2) is 4.99 Å². The lowest BCUT2D eigenvalue weighted by Gasteiger charge is -2.08. The summed E-state index contributed by atoms with van der Waals surface area (Å²) in [5.74, 6) is 1.19. The number of para-hydroxylation sites is 1. The maximum absolute atomic E-state index is 13.2. The molecule has 0 bridgehead atoms. The molecule has 0 aliphatic carbocycles. The number of ether oxygens (including phenoxy) is 1. The van der Waals surface area contributed by atoms with Crippen molar-refractivity contribution in [2.24, 2.45) is 4.99 Å². The molecule has 5 aromatic rings. The van der Waals surface area contributed by atoms with Gasteiger partial charge in [-0.1, -0.05) is 54.6 Å². The molecule has 1 aliphatic rings. The van der Waals surface area contributed by atoms with Gasteiger partial charge in [0.15, 0.2) is 0 Å². The Labute approximate surface area is 184 Å². The Bertz CT molecular complexity index is 1690. The fourth-order valence-corrected chi connectivity index (χ4v) is 4.58. The van der Waals surface area contributed by atoms with E-state index in [1.807, 2.05) is 85.8 Å². The molecule has 0 saturated heterocycles. The van der Waals surface area contributed by atoms with Crippen LogP contribution in [0, 0.1) is 6.92 Å². The van der Waals surface area contributed by atoms with Crippen LogP contribution in [-0.4, -0.2) is 13.0 Å². The van der Waals surface area contributed by atoms with Gasteiger partial charge in [0.25, 0.3) is 5.91 Å². The molecular weight excluding hydrogens is 398 g/mol. The summed E-state index contributed by atoms with van der Waals surface area (Å²) in [6.07, 6.45) is 0. The van der Waals surface area contributed by atoms with Crippen LogP contribution in [0.4, 0.5) is 0 Å². The molecule has 0 saturated carbocycles. The number of furan rings is 1. The van der Waals surface area contributed by atoms with Crippen LogP contribution in [0.2, 0.25) is 0 Å². The maximum Gasteiger partial charge on any atom is 0.279 e. The van der Waals surface area contributed by atoms with Crippen LogP contribution in [0.1, 0.15) is 11.1 Å². The summed E-state index contributed by atoms with van der Waals surface area (Å²) in [5, 5.41) is 4.44. The summed E-state index contributed by atoms with van der Waals surface area (Å²) < 4.78 is 12.0. The van der Waals surface area contributed by atoms with E-state index in [0.717, 1.165) is 49.4 Å². The van der Waals surface area contributed by atoms with E-state index in [-0.39, 0.29) is 5.91 Å². The van der Waals surface area contributed by atoms with Crippen molar-refractivity contribution in [2.75, 3.05) is 7.11 Å². The lowest BCUT2D eigenvalue weighted by Crippen LogP contribution is -2.22. The molecule has 4 aromatic carbocycles.